The normalized spacial score (nSPS) is 10.3. The van der Waals surface area contributed by atoms with Crippen LogP contribution in [-0.2, 0) is 34.1 Å². The molecule has 0 aromatic heterocycles. The molecule has 0 saturated carbocycles. The lowest BCUT2D eigenvalue weighted by atomic mass is 10.1. The molecule has 0 heterocycles. The number of carbonyl (C=O) groups is 2. The van der Waals surface area contributed by atoms with E-state index in [4.69, 9.17) is 4.74 Å². The van der Waals surface area contributed by atoms with Gasteiger partial charge in [0.15, 0.2) is 0 Å². The highest BCUT2D eigenvalue weighted by atomic mass is 16.5. The third-order valence-electron chi connectivity index (χ3n) is 3.63. The Labute approximate surface area is 148 Å². The number of nitrogens with one attached hydrogen (secondary N) is 2. The van der Waals surface area contributed by atoms with Gasteiger partial charge in [-0.05, 0) is 16.7 Å². The Bertz CT molecular complexity index is 686. The maximum atomic E-state index is 11.7. The average Bonchev–Trinajstić information content (AvgIpc) is 2.65. The lowest BCUT2D eigenvalue weighted by Crippen LogP contribution is -2.36. The summed E-state index contributed by atoms with van der Waals surface area (Å²) in [4.78, 5) is 22.8. The molecule has 0 aliphatic carbocycles. The number of amides is 2. The first kappa shape index (κ1) is 18.7. The summed E-state index contributed by atoms with van der Waals surface area (Å²) in [6.45, 7) is 3.26. The molecule has 5 heteroatoms. The molecule has 0 radical (unpaired) electrons. The Morgan fingerprint density at radius 1 is 0.840 bits per heavy atom. The average molecular weight is 340 g/mol. The molecule has 2 aromatic carbocycles. The smallest absolute Gasteiger partial charge is 0.239 e. The minimum atomic E-state index is -0.201. The highest BCUT2D eigenvalue weighted by Crippen LogP contribution is 2.09. The predicted molar refractivity (Wildman–Crippen MR) is 96.5 cm³/mol. The predicted octanol–water partition coefficient (Wildman–Crippen LogP) is 2.55. The minimum Gasteiger partial charge on any atom is -0.372 e. The van der Waals surface area contributed by atoms with Gasteiger partial charge in [0.25, 0.3) is 0 Å². The number of benzene rings is 2. The molecule has 0 saturated heterocycles. The van der Waals surface area contributed by atoms with Crippen LogP contribution in [0.25, 0.3) is 0 Å². The van der Waals surface area contributed by atoms with E-state index in [-0.39, 0.29) is 18.4 Å². The zero-order valence-corrected chi connectivity index (χ0v) is 14.5. The molecule has 2 rings (SSSR count). The standard InChI is InChI=1S/C20H24N2O3/c1-2-19(23)22-13-20(24)21-12-17-9-6-10-18(11-17)15-25-14-16-7-4-3-5-8-16/h3-11H,2,12-15H2,1H3,(H,21,24)(H,22,23). The van der Waals surface area contributed by atoms with Gasteiger partial charge < -0.3 is 15.4 Å². The summed E-state index contributed by atoms with van der Waals surface area (Å²) in [6, 6.07) is 17.9. The van der Waals surface area contributed by atoms with Crippen LogP contribution in [0, 0.1) is 0 Å². The van der Waals surface area contributed by atoms with Gasteiger partial charge in [-0.15, -0.1) is 0 Å². The zero-order valence-electron chi connectivity index (χ0n) is 14.5. The fourth-order valence-electron chi connectivity index (χ4n) is 2.26. The number of carbonyl (C=O) groups excluding carboxylic acids is 2. The first-order chi connectivity index (χ1) is 12.2. The molecular formula is C20H24N2O3. The summed E-state index contributed by atoms with van der Waals surface area (Å²) in [7, 11) is 0. The quantitative estimate of drug-likeness (QED) is 0.737. The van der Waals surface area contributed by atoms with E-state index in [1.165, 1.54) is 0 Å². The molecule has 0 spiro atoms. The summed E-state index contributed by atoms with van der Waals surface area (Å²) in [5, 5.41) is 5.35. The van der Waals surface area contributed by atoms with Gasteiger partial charge in [-0.3, -0.25) is 9.59 Å². The monoisotopic (exact) mass is 340 g/mol. The van der Waals surface area contributed by atoms with Crippen molar-refractivity contribution in [1.29, 1.82) is 0 Å². The van der Waals surface area contributed by atoms with E-state index in [1.807, 2.05) is 54.6 Å². The van der Waals surface area contributed by atoms with Crippen molar-refractivity contribution < 1.29 is 14.3 Å². The van der Waals surface area contributed by atoms with Gasteiger partial charge in [-0.2, -0.15) is 0 Å². The van der Waals surface area contributed by atoms with Crippen molar-refractivity contribution in [2.75, 3.05) is 6.54 Å². The molecule has 2 aromatic rings. The van der Waals surface area contributed by atoms with Crippen molar-refractivity contribution in [3.05, 3.63) is 71.3 Å². The fraction of sp³-hybridized carbons (Fsp3) is 0.300. The Hall–Kier alpha value is -2.66. The summed E-state index contributed by atoms with van der Waals surface area (Å²) in [5.74, 6) is -0.333. The second kappa shape index (κ2) is 10.3. The zero-order chi connectivity index (χ0) is 17.9. The van der Waals surface area contributed by atoms with E-state index in [9.17, 15) is 9.59 Å². The maximum Gasteiger partial charge on any atom is 0.239 e. The van der Waals surface area contributed by atoms with Crippen LogP contribution in [-0.4, -0.2) is 18.4 Å². The van der Waals surface area contributed by atoms with Crippen LogP contribution in [0.5, 0.6) is 0 Å². The Morgan fingerprint density at radius 3 is 2.28 bits per heavy atom. The number of hydrogen-bond donors (Lipinski definition) is 2. The van der Waals surface area contributed by atoms with Gasteiger partial charge in [0.2, 0.25) is 11.8 Å². The van der Waals surface area contributed by atoms with Crippen LogP contribution < -0.4 is 10.6 Å². The lowest BCUT2D eigenvalue weighted by molar-refractivity contribution is -0.126. The molecular weight excluding hydrogens is 316 g/mol. The van der Waals surface area contributed by atoms with Crippen LogP contribution in [0.15, 0.2) is 54.6 Å². The molecule has 0 aliphatic heterocycles. The SMILES string of the molecule is CCC(=O)NCC(=O)NCc1cccc(COCc2ccccc2)c1. The van der Waals surface area contributed by atoms with Crippen LogP contribution in [0.2, 0.25) is 0 Å². The molecule has 5 nitrogen and oxygen atoms in total. The first-order valence-electron chi connectivity index (χ1n) is 8.40. The highest BCUT2D eigenvalue weighted by Gasteiger charge is 2.04. The third kappa shape index (κ3) is 7.18. The largest absolute Gasteiger partial charge is 0.372 e. The topological polar surface area (TPSA) is 67.4 Å². The Balaban J connectivity index is 1.74. The summed E-state index contributed by atoms with van der Waals surface area (Å²) in [5.41, 5.74) is 3.19. The highest BCUT2D eigenvalue weighted by molar-refractivity contribution is 5.84. The molecule has 0 fully saturated rings. The Morgan fingerprint density at radius 2 is 1.52 bits per heavy atom. The van der Waals surface area contributed by atoms with Crippen molar-refractivity contribution in [1.82, 2.24) is 10.6 Å². The lowest BCUT2D eigenvalue weighted by Gasteiger charge is -2.09. The summed E-state index contributed by atoms with van der Waals surface area (Å²) >= 11 is 0. The number of rotatable bonds is 9. The summed E-state index contributed by atoms with van der Waals surface area (Å²) in [6.07, 6.45) is 0.373. The molecule has 0 atom stereocenters. The molecule has 132 valence electrons. The molecule has 0 aliphatic rings. The van der Waals surface area contributed by atoms with Gasteiger partial charge in [-0.25, -0.2) is 0 Å². The van der Waals surface area contributed by atoms with E-state index >= 15 is 0 Å². The van der Waals surface area contributed by atoms with Crippen molar-refractivity contribution in [3.63, 3.8) is 0 Å². The first-order valence-corrected chi connectivity index (χ1v) is 8.40. The fourth-order valence-corrected chi connectivity index (χ4v) is 2.26. The van der Waals surface area contributed by atoms with Gasteiger partial charge >= 0.3 is 0 Å². The number of hydrogen-bond acceptors (Lipinski definition) is 3. The summed E-state index contributed by atoms with van der Waals surface area (Å²) < 4.78 is 5.73. The molecule has 25 heavy (non-hydrogen) atoms. The molecule has 2 N–H and O–H groups in total. The van der Waals surface area contributed by atoms with Crippen LogP contribution >= 0.6 is 0 Å². The Kier molecular flexibility index (Phi) is 7.66. The molecule has 0 unspecified atom stereocenters. The molecule has 2 amide bonds. The van der Waals surface area contributed by atoms with Crippen molar-refractivity contribution in [3.8, 4) is 0 Å². The van der Waals surface area contributed by atoms with Crippen LogP contribution in [0.3, 0.4) is 0 Å². The van der Waals surface area contributed by atoms with Gasteiger partial charge in [0, 0.05) is 13.0 Å². The second-order valence-corrected chi connectivity index (χ2v) is 5.71. The third-order valence-corrected chi connectivity index (χ3v) is 3.63. The second-order valence-electron chi connectivity index (χ2n) is 5.71. The van der Waals surface area contributed by atoms with E-state index in [2.05, 4.69) is 10.6 Å². The maximum absolute atomic E-state index is 11.7. The minimum absolute atomic E-state index is 0.00650. The van der Waals surface area contributed by atoms with Gasteiger partial charge in [0.05, 0.1) is 19.8 Å². The molecule has 0 bridgehead atoms. The van der Waals surface area contributed by atoms with Crippen LogP contribution in [0.1, 0.15) is 30.0 Å². The van der Waals surface area contributed by atoms with Crippen molar-refractivity contribution in [2.45, 2.75) is 33.1 Å². The van der Waals surface area contributed by atoms with Crippen LogP contribution in [0.4, 0.5) is 0 Å². The van der Waals surface area contributed by atoms with Gasteiger partial charge in [-0.1, -0.05) is 61.5 Å². The van der Waals surface area contributed by atoms with Crippen molar-refractivity contribution >= 4 is 11.8 Å². The van der Waals surface area contributed by atoms with Crippen molar-refractivity contribution in [2.24, 2.45) is 0 Å². The van der Waals surface area contributed by atoms with E-state index in [1.54, 1.807) is 6.92 Å². The van der Waals surface area contributed by atoms with Gasteiger partial charge in [0.1, 0.15) is 0 Å². The van der Waals surface area contributed by atoms with E-state index in [0.717, 1.165) is 16.7 Å². The number of ether oxygens (including phenoxy) is 1. The van der Waals surface area contributed by atoms with E-state index < -0.39 is 0 Å². The van der Waals surface area contributed by atoms with E-state index in [0.29, 0.717) is 26.2 Å².